The van der Waals surface area contributed by atoms with E-state index >= 15 is 0 Å². The summed E-state index contributed by atoms with van der Waals surface area (Å²) in [6, 6.07) is -1.12. The van der Waals surface area contributed by atoms with Gasteiger partial charge >= 0.3 is 0 Å². The van der Waals surface area contributed by atoms with Gasteiger partial charge in [-0.15, -0.1) is 0 Å². The van der Waals surface area contributed by atoms with Crippen molar-refractivity contribution >= 4 is 38.9 Å². The van der Waals surface area contributed by atoms with Crippen LogP contribution in [-0.4, -0.2) is 45.7 Å². The monoisotopic (exact) mass is 488 g/mol. The molecule has 0 N–H and O–H groups in total. The third kappa shape index (κ3) is 9.55. The van der Waals surface area contributed by atoms with E-state index in [1.54, 1.807) is 0 Å². The van der Waals surface area contributed by atoms with Crippen molar-refractivity contribution in [1.29, 1.82) is 0 Å². The molecular formula is C8H14BFO14P4-4. The Hall–Kier alpha value is 0.515. The van der Waals surface area contributed by atoms with E-state index in [-0.39, 0.29) is 6.42 Å². The molecule has 1 heterocycles. The van der Waals surface area contributed by atoms with Crippen molar-refractivity contribution in [3.8, 4) is 0 Å². The van der Waals surface area contributed by atoms with Gasteiger partial charge in [0.15, 0.2) is 6.86 Å². The Kier molecular flexibility index (Phi) is 9.69. The van der Waals surface area contributed by atoms with Crippen molar-refractivity contribution in [2.75, 3.05) is 19.6 Å². The topological polar surface area (TPSA) is 216 Å². The number of phosphoric ester groups is 2. The quantitative estimate of drug-likeness (QED) is 0.229. The standard InChI is InChI=1S/C8H18BFO14P4/c1-2-25(11,12)23-28(17,18)24-27(15,16)19-4-7-6(3-8(9)21-7)22-26(13,14)20-5-10/h6-8H,2-5H2,1H3,(H,11,12)(H,13,14)(H,15,16)(H,17,18)/p-4/t6-,7+,8+/m0/s1. The predicted octanol–water partition coefficient (Wildman–Crippen LogP) is -1.37. The molecule has 0 amide bonds. The third-order valence-electron chi connectivity index (χ3n) is 2.91. The largest absolute Gasteiger partial charge is 0.778 e. The second-order valence-electron chi connectivity index (χ2n) is 5.06. The van der Waals surface area contributed by atoms with Crippen LogP contribution in [0, 0.1) is 0 Å². The van der Waals surface area contributed by atoms with Gasteiger partial charge in [-0.25, -0.2) is 8.70 Å². The lowest BCUT2D eigenvalue weighted by molar-refractivity contribution is -0.246. The van der Waals surface area contributed by atoms with Crippen LogP contribution in [0.2, 0.25) is 0 Å². The molecule has 7 atom stereocenters. The van der Waals surface area contributed by atoms with Crippen LogP contribution in [0.3, 0.4) is 0 Å². The van der Waals surface area contributed by atoms with Crippen LogP contribution in [0.1, 0.15) is 13.3 Å². The number of halogens is 1. The van der Waals surface area contributed by atoms with Crippen molar-refractivity contribution < 1.29 is 69.2 Å². The van der Waals surface area contributed by atoms with Crippen LogP contribution in [-0.2, 0) is 45.2 Å². The Balaban J connectivity index is 2.71. The minimum absolute atomic E-state index is 0.293. The van der Waals surface area contributed by atoms with Crippen LogP contribution in [0.4, 0.5) is 4.39 Å². The average molecular weight is 488 g/mol. The van der Waals surface area contributed by atoms with Gasteiger partial charge in [0.1, 0.15) is 21.5 Å². The summed E-state index contributed by atoms with van der Waals surface area (Å²) in [6.07, 6.45) is -3.99. The summed E-state index contributed by atoms with van der Waals surface area (Å²) in [6.45, 7) is -1.73. The van der Waals surface area contributed by atoms with Crippen LogP contribution in [0.5, 0.6) is 0 Å². The molecule has 20 heteroatoms. The van der Waals surface area contributed by atoms with Crippen LogP contribution >= 0.6 is 31.1 Å². The molecule has 164 valence electrons. The van der Waals surface area contributed by atoms with Gasteiger partial charge in [0, 0.05) is 12.2 Å². The number of rotatable bonds is 12. The SMILES string of the molecule is [B][C@H]1C[C@H](OP(=O)([O-])OCF)[C@@H](COP(=O)([O-])OP(=O)([O-])OP(=O)([O-])CC)O1. The van der Waals surface area contributed by atoms with E-state index in [0.29, 0.717) is 0 Å². The second-order valence-corrected chi connectivity index (χ2v) is 11.6. The highest BCUT2D eigenvalue weighted by atomic mass is 31.3. The smallest absolute Gasteiger partial charge is 0.279 e. The van der Waals surface area contributed by atoms with Crippen molar-refractivity contribution in [3.63, 3.8) is 0 Å². The van der Waals surface area contributed by atoms with Crippen molar-refractivity contribution in [2.45, 2.75) is 31.6 Å². The lowest BCUT2D eigenvalue weighted by atomic mass is 9.96. The highest BCUT2D eigenvalue weighted by Gasteiger charge is 2.37. The lowest BCUT2D eigenvalue weighted by Crippen LogP contribution is -2.30. The molecule has 0 bridgehead atoms. The zero-order valence-corrected chi connectivity index (χ0v) is 17.6. The van der Waals surface area contributed by atoms with E-state index in [0.717, 1.165) is 6.92 Å². The minimum Gasteiger partial charge on any atom is -0.778 e. The van der Waals surface area contributed by atoms with E-state index in [4.69, 9.17) is 12.6 Å². The van der Waals surface area contributed by atoms with E-state index in [2.05, 4.69) is 22.2 Å². The highest BCUT2D eigenvalue weighted by Crippen LogP contribution is 2.62. The first-order valence-corrected chi connectivity index (χ1v) is 13.3. The van der Waals surface area contributed by atoms with E-state index in [1.807, 2.05) is 0 Å². The summed E-state index contributed by atoms with van der Waals surface area (Å²) in [5, 5.41) is 0. The molecule has 0 saturated carbocycles. The van der Waals surface area contributed by atoms with Crippen LogP contribution in [0.15, 0.2) is 0 Å². The Bertz CT molecular complexity index is 719. The van der Waals surface area contributed by atoms with Gasteiger partial charge in [0.25, 0.3) is 23.5 Å². The number of phosphoric acid groups is 3. The maximum absolute atomic E-state index is 12.0. The maximum atomic E-state index is 12.0. The summed E-state index contributed by atoms with van der Waals surface area (Å²) >= 11 is 0. The molecule has 14 nitrogen and oxygen atoms in total. The van der Waals surface area contributed by atoms with E-state index in [9.17, 15) is 42.2 Å². The molecule has 1 rings (SSSR count). The molecule has 0 aliphatic carbocycles. The average Bonchev–Trinajstić information content (AvgIpc) is 2.81. The summed E-state index contributed by atoms with van der Waals surface area (Å²) in [7, 11) is -16.2. The molecule has 1 aliphatic rings. The fraction of sp³-hybridized carbons (Fsp3) is 1.00. The summed E-state index contributed by atoms with van der Waals surface area (Å²) < 4.78 is 81.9. The first-order chi connectivity index (χ1) is 12.6. The Morgan fingerprint density at radius 3 is 2.18 bits per heavy atom. The Morgan fingerprint density at radius 2 is 1.64 bits per heavy atom. The molecule has 0 aromatic rings. The van der Waals surface area contributed by atoms with Gasteiger partial charge in [0.05, 0.1) is 12.7 Å². The molecule has 0 aromatic heterocycles. The highest BCUT2D eigenvalue weighted by molar-refractivity contribution is 7.66. The molecule has 4 unspecified atom stereocenters. The first-order valence-electron chi connectivity index (χ1n) is 7.21. The predicted molar refractivity (Wildman–Crippen MR) is 80.1 cm³/mol. The zero-order valence-electron chi connectivity index (χ0n) is 14.0. The Morgan fingerprint density at radius 1 is 1.04 bits per heavy atom. The normalized spacial score (nSPS) is 31.4. The van der Waals surface area contributed by atoms with Crippen LogP contribution in [0.25, 0.3) is 0 Å². The molecular weight excluding hydrogens is 474 g/mol. The summed E-state index contributed by atoms with van der Waals surface area (Å²) in [5.74, 6) is 0. The molecule has 1 aliphatic heterocycles. The fourth-order valence-electron chi connectivity index (χ4n) is 1.80. The third-order valence-corrected chi connectivity index (χ3v) is 8.49. The summed E-state index contributed by atoms with van der Waals surface area (Å²) in [5.41, 5.74) is 0. The van der Waals surface area contributed by atoms with Crippen LogP contribution < -0.4 is 19.6 Å². The summed E-state index contributed by atoms with van der Waals surface area (Å²) in [4.78, 5) is 45.3. The molecule has 0 aromatic carbocycles. The number of hydrogen-bond acceptors (Lipinski definition) is 14. The molecule has 1 fully saturated rings. The van der Waals surface area contributed by atoms with E-state index in [1.165, 1.54) is 0 Å². The number of ether oxygens (including phenoxy) is 1. The fourth-order valence-corrected chi connectivity index (χ4v) is 6.10. The van der Waals surface area contributed by atoms with Gasteiger partial charge in [-0.05, 0) is 6.42 Å². The van der Waals surface area contributed by atoms with Gasteiger partial charge < -0.3 is 37.9 Å². The molecule has 0 spiro atoms. The van der Waals surface area contributed by atoms with E-state index < -0.39 is 68.9 Å². The van der Waals surface area contributed by atoms with Crippen molar-refractivity contribution in [1.82, 2.24) is 0 Å². The second kappa shape index (κ2) is 10.2. The van der Waals surface area contributed by atoms with Gasteiger partial charge in [-0.2, -0.15) is 0 Å². The van der Waals surface area contributed by atoms with Gasteiger partial charge in [-0.3, -0.25) is 22.5 Å². The number of hydrogen-bond donors (Lipinski definition) is 0. The molecule has 2 radical (unpaired) electrons. The maximum Gasteiger partial charge on any atom is 0.279 e. The Labute approximate surface area is 160 Å². The zero-order chi connectivity index (χ0) is 21.8. The lowest BCUT2D eigenvalue weighted by Gasteiger charge is -2.35. The minimum atomic E-state index is -5.86. The number of alkyl halides is 1. The molecule has 28 heavy (non-hydrogen) atoms. The van der Waals surface area contributed by atoms with Crippen molar-refractivity contribution in [2.24, 2.45) is 0 Å². The first kappa shape index (κ1) is 26.6. The van der Waals surface area contributed by atoms with Crippen molar-refractivity contribution in [3.05, 3.63) is 0 Å². The van der Waals surface area contributed by atoms with Gasteiger partial charge in [-0.1, -0.05) is 6.92 Å². The van der Waals surface area contributed by atoms with Gasteiger partial charge in [0.2, 0.25) is 0 Å². The molecule has 1 saturated heterocycles.